The fraction of sp³-hybridized carbons (Fsp3) is 0.500. The molecule has 0 saturated carbocycles. The molecule has 2 rings (SSSR count). The van der Waals surface area contributed by atoms with Gasteiger partial charge in [0.2, 0.25) is 11.9 Å². The number of aromatic nitrogens is 2. The average molecular weight is 579 g/mol. The third-order valence-corrected chi connectivity index (χ3v) is 5.30. The Morgan fingerprint density at radius 3 is 2.56 bits per heavy atom. The molecule has 3 N–H and O–H groups in total. The molecule has 0 saturated heterocycles. The zero-order chi connectivity index (χ0) is 30.6. The zero-order valence-electron chi connectivity index (χ0n) is 24.1. The Bertz CT molecular complexity index is 1240. The molecule has 224 valence electrons. The lowest BCUT2D eigenvalue weighted by molar-refractivity contribution is -0.274. The highest BCUT2D eigenvalue weighted by atomic mass is 19.4. The van der Waals surface area contributed by atoms with E-state index in [9.17, 15) is 22.8 Å². The molecule has 1 aromatic heterocycles. The van der Waals surface area contributed by atoms with E-state index in [4.69, 9.17) is 4.74 Å². The molecule has 1 aromatic carbocycles. The molecule has 0 spiro atoms. The number of benzene rings is 1. The number of nitrogens with zero attached hydrogens (tertiary/aromatic N) is 3. The highest BCUT2D eigenvalue weighted by Gasteiger charge is 2.31. The molecule has 10 nitrogen and oxygen atoms in total. The molecule has 0 fully saturated rings. The number of anilines is 3. The normalized spacial score (nSPS) is 11.9. The summed E-state index contributed by atoms with van der Waals surface area (Å²) in [5, 5.41) is 8.84. The predicted octanol–water partition coefficient (Wildman–Crippen LogP) is 5.44. The summed E-state index contributed by atoms with van der Waals surface area (Å²) in [6.45, 7) is 9.88. The summed E-state index contributed by atoms with van der Waals surface area (Å²) in [6, 6.07) is 4.67. The molecule has 0 bridgehead atoms. The number of hydrogen-bond acceptors (Lipinski definition) is 8. The maximum atomic E-state index is 12.5. The van der Waals surface area contributed by atoms with Crippen LogP contribution in [0.15, 0.2) is 30.5 Å². The van der Waals surface area contributed by atoms with Gasteiger partial charge in [-0.1, -0.05) is 24.8 Å². The van der Waals surface area contributed by atoms with Gasteiger partial charge in [-0.3, -0.25) is 9.69 Å². The minimum absolute atomic E-state index is 0.173. The first-order valence-electron chi connectivity index (χ1n) is 13.1. The number of nitrogens with one attached hydrogen (secondary N) is 3. The first kappa shape index (κ1) is 33.0. The fourth-order valence-corrected chi connectivity index (χ4v) is 3.17. The van der Waals surface area contributed by atoms with E-state index in [1.807, 2.05) is 6.92 Å². The second-order valence-electron chi connectivity index (χ2n) is 10.0. The van der Waals surface area contributed by atoms with Crippen LogP contribution in [0.25, 0.3) is 0 Å². The van der Waals surface area contributed by atoms with Crippen molar-refractivity contribution in [3.63, 3.8) is 0 Å². The summed E-state index contributed by atoms with van der Waals surface area (Å²) in [5.74, 6) is 6.04. The summed E-state index contributed by atoms with van der Waals surface area (Å²) >= 11 is 0. The number of carbonyl (C=O) groups is 2. The van der Waals surface area contributed by atoms with Crippen molar-refractivity contribution in [2.24, 2.45) is 0 Å². The molecule has 1 atom stereocenters. The number of hydrogen-bond donors (Lipinski definition) is 3. The SMILES string of the molecule is CCCNc1nc(Nc2cccc(OC(F)(F)F)c2)ncc1C#CCCCNC(=O)[C@H](C)N(C)C(=O)OC(C)(C)C. The molecule has 2 aromatic rings. The van der Waals surface area contributed by atoms with E-state index >= 15 is 0 Å². The van der Waals surface area contributed by atoms with Gasteiger partial charge in [0.1, 0.15) is 23.2 Å². The molecule has 0 aliphatic carbocycles. The van der Waals surface area contributed by atoms with E-state index in [1.54, 1.807) is 33.8 Å². The van der Waals surface area contributed by atoms with Gasteiger partial charge in [-0.2, -0.15) is 4.98 Å². The molecule has 0 radical (unpaired) electrons. The first-order chi connectivity index (χ1) is 19.2. The highest BCUT2D eigenvalue weighted by Crippen LogP contribution is 2.26. The van der Waals surface area contributed by atoms with Crippen LogP contribution in [0, 0.1) is 11.8 Å². The van der Waals surface area contributed by atoms with E-state index < -0.39 is 24.1 Å². The number of unbranched alkanes of at least 4 members (excludes halogenated alkanes) is 1. The molecule has 41 heavy (non-hydrogen) atoms. The summed E-state index contributed by atoms with van der Waals surface area (Å²) in [7, 11) is 1.51. The summed E-state index contributed by atoms with van der Waals surface area (Å²) in [4.78, 5) is 34.5. The number of ether oxygens (including phenoxy) is 2. The van der Waals surface area contributed by atoms with Gasteiger partial charge in [-0.25, -0.2) is 9.78 Å². The minimum Gasteiger partial charge on any atom is -0.444 e. The van der Waals surface area contributed by atoms with E-state index in [-0.39, 0.29) is 17.6 Å². The van der Waals surface area contributed by atoms with Crippen molar-refractivity contribution in [1.82, 2.24) is 20.2 Å². The minimum atomic E-state index is -4.80. The van der Waals surface area contributed by atoms with Crippen LogP contribution in [0.2, 0.25) is 0 Å². The topological polar surface area (TPSA) is 118 Å². The van der Waals surface area contributed by atoms with E-state index in [2.05, 4.69) is 42.5 Å². The Balaban J connectivity index is 1.95. The van der Waals surface area contributed by atoms with Crippen molar-refractivity contribution in [2.75, 3.05) is 30.8 Å². The molecular weight excluding hydrogens is 541 g/mol. The monoisotopic (exact) mass is 578 g/mol. The van der Waals surface area contributed by atoms with E-state index in [0.29, 0.717) is 43.0 Å². The van der Waals surface area contributed by atoms with E-state index in [1.165, 1.54) is 36.3 Å². The Hall–Kier alpha value is -4.21. The highest BCUT2D eigenvalue weighted by molar-refractivity contribution is 5.85. The number of likely N-dealkylation sites (N-methyl/N-ethyl adjacent to an activating group) is 1. The van der Waals surface area contributed by atoms with Crippen LogP contribution in [0.5, 0.6) is 5.75 Å². The van der Waals surface area contributed by atoms with Crippen LogP contribution in [0.1, 0.15) is 59.4 Å². The summed E-state index contributed by atoms with van der Waals surface area (Å²) in [5.41, 5.74) is 0.213. The fourth-order valence-electron chi connectivity index (χ4n) is 3.17. The van der Waals surface area contributed by atoms with Crippen molar-refractivity contribution >= 4 is 29.5 Å². The van der Waals surface area contributed by atoms with Crippen LogP contribution in [0.4, 0.5) is 35.4 Å². The number of halogens is 3. The Labute approximate surface area is 238 Å². The van der Waals surface area contributed by atoms with Crippen LogP contribution in [-0.4, -0.2) is 65.0 Å². The molecule has 0 aliphatic heterocycles. The van der Waals surface area contributed by atoms with Gasteiger partial charge in [0.05, 0.1) is 11.8 Å². The van der Waals surface area contributed by atoms with Gasteiger partial charge < -0.3 is 25.4 Å². The summed E-state index contributed by atoms with van der Waals surface area (Å²) in [6.07, 6.45) is -1.96. The quantitative estimate of drug-likeness (QED) is 0.238. The molecule has 2 amide bonds. The van der Waals surface area contributed by atoms with E-state index in [0.717, 1.165) is 6.42 Å². The average Bonchev–Trinajstić information content (AvgIpc) is 2.87. The zero-order valence-corrected chi connectivity index (χ0v) is 24.1. The van der Waals surface area contributed by atoms with Crippen LogP contribution < -0.4 is 20.7 Å². The summed E-state index contributed by atoms with van der Waals surface area (Å²) < 4.78 is 46.8. The second-order valence-corrected chi connectivity index (χ2v) is 10.0. The lowest BCUT2D eigenvalue weighted by Gasteiger charge is -2.28. The Morgan fingerprint density at radius 2 is 1.90 bits per heavy atom. The van der Waals surface area contributed by atoms with Crippen LogP contribution >= 0.6 is 0 Å². The number of alkyl halides is 3. The van der Waals surface area contributed by atoms with Crippen molar-refractivity contribution in [3.05, 3.63) is 36.0 Å². The standard InChI is InChI=1S/C28H37F3N6O4/c1-7-15-32-23-20(18-34-25(36-23)35-21-13-11-14-22(17-21)40-28(29,30)31)12-9-8-10-16-33-24(38)19(2)37(6)26(39)41-27(3,4)5/h11,13-14,17-19H,7-8,10,15-16H2,1-6H3,(H,33,38)(H2,32,34,35,36)/t19-/m0/s1. The van der Waals surface area contributed by atoms with Crippen molar-refractivity contribution in [1.29, 1.82) is 0 Å². The van der Waals surface area contributed by atoms with Gasteiger partial charge >= 0.3 is 12.5 Å². The first-order valence-corrected chi connectivity index (χ1v) is 13.1. The van der Waals surface area contributed by atoms with Gasteiger partial charge in [0.15, 0.2) is 0 Å². The van der Waals surface area contributed by atoms with Crippen molar-refractivity contribution in [3.8, 4) is 17.6 Å². The van der Waals surface area contributed by atoms with Crippen LogP contribution in [-0.2, 0) is 9.53 Å². The smallest absolute Gasteiger partial charge is 0.444 e. The Kier molecular flexibility index (Phi) is 12.0. The van der Waals surface area contributed by atoms with Crippen molar-refractivity contribution < 1.29 is 32.2 Å². The van der Waals surface area contributed by atoms with Gasteiger partial charge in [0, 0.05) is 38.3 Å². The van der Waals surface area contributed by atoms with Crippen molar-refractivity contribution in [2.45, 2.75) is 71.9 Å². The van der Waals surface area contributed by atoms with Gasteiger partial charge in [0.25, 0.3) is 0 Å². The third-order valence-electron chi connectivity index (χ3n) is 5.30. The number of rotatable bonds is 11. The third kappa shape index (κ3) is 12.2. The maximum Gasteiger partial charge on any atom is 0.573 e. The lowest BCUT2D eigenvalue weighted by Crippen LogP contribution is -2.47. The van der Waals surface area contributed by atoms with Gasteiger partial charge in [-0.15, -0.1) is 13.2 Å². The molecule has 13 heteroatoms. The lowest BCUT2D eigenvalue weighted by atomic mass is 10.2. The number of amides is 2. The predicted molar refractivity (Wildman–Crippen MR) is 150 cm³/mol. The largest absolute Gasteiger partial charge is 0.573 e. The van der Waals surface area contributed by atoms with Gasteiger partial charge in [-0.05, 0) is 52.7 Å². The maximum absolute atomic E-state index is 12.5. The van der Waals surface area contributed by atoms with Crippen LogP contribution in [0.3, 0.4) is 0 Å². The second kappa shape index (κ2) is 15.0. The molecule has 1 heterocycles. The molecular formula is C28H37F3N6O4. The number of carbonyl (C=O) groups excluding carboxylic acids is 2. The molecule has 0 unspecified atom stereocenters. The Morgan fingerprint density at radius 1 is 1.17 bits per heavy atom. The molecule has 0 aliphatic rings.